The Hall–Kier alpha value is -3.26. The number of pyridine rings is 2. The minimum Gasteiger partial charge on any atom is -0.190 e. The Morgan fingerprint density at radius 3 is 1.77 bits per heavy atom. The highest BCUT2D eigenvalue weighted by Gasteiger charge is 2.20. The summed E-state index contributed by atoms with van der Waals surface area (Å²) in [6.45, 7) is 9.03. The van der Waals surface area contributed by atoms with Gasteiger partial charge in [0, 0.05) is 23.3 Å². The zero-order valence-electron chi connectivity index (χ0n) is 18.2. The fraction of sp³-hybridized carbons (Fsp3) is 0.214. The Labute approximate surface area is 180 Å². The van der Waals surface area contributed by atoms with Crippen molar-refractivity contribution in [3.8, 4) is 22.5 Å². The third kappa shape index (κ3) is 4.04. The molecule has 4 aromatic rings. The second kappa shape index (κ2) is 8.62. The Kier molecular flexibility index (Phi) is 5.76. The summed E-state index contributed by atoms with van der Waals surface area (Å²) < 4.78 is 4.35. The van der Waals surface area contributed by atoms with Gasteiger partial charge >= 0.3 is 0 Å². The number of benzene rings is 2. The molecule has 4 rings (SSSR count). The lowest BCUT2D eigenvalue weighted by Gasteiger charge is -2.16. The highest BCUT2D eigenvalue weighted by atomic mass is 14.9. The van der Waals surface area contributed by atoms with Gasteiger partial charge in [-0.1, -0.05) is 70.2 Å². The SMILES string of the molecule is CC(C)c1cccc(C(C)C)c1-[n+]1c[c-]c(-c2cc[n+](-c3ccccc3)cc2)cc1. The normalized spacial score (nSPS) is 11.3. The molecule has 2 nitrogen and oxygen atoms in total. The molecule has 0 bridgehead atoms. The molecule has 0 saturated heterocycles. The molecule has 2 aromatic carbocycles. The van der Waals surface area contributed by atoms with Crippen molar-refractivity contribution in [2.75, 3.05) is 0 Å². The van der Waals surface area contributed by atoms with Crippen molar-refractivity contribution in [1.82, 2.24) is 0 Å². The summed E-state index contributed by atoms with van der Waals surface area (Å²) in [6.07, 6.45) is 8.44. The number of aromatic nitrogens is 2. The zero-order valence-corrected chi connectivity index (χ0v) is 18.2. The third-order valence-electron chi connectivity index (χ3n) is 5.56. The number of para-hydroxylation sites is 2. The Balaban J connectivity index is 1.67. The van der Waals surface area contributed by atoms with E-state index in [1.165, 1.54) is 16.8 Å². The molecule has 0 aliphatic carbocycles. The summed E-state index contributed by atoms with van der Waals surface area (Å²) in [5.41, 5.74) is 7.45. The summed E-state index contributed by atoms with van der Waals surface area (Å²) in [6, 6.07) is 27.0. The van der Waals surface area contributed by atoms with Crippen LogP contribution in [0, 0.1) is 6.07 Å². The number of rotatable bonds is 5. The monoisotopic (exact) mass is 393 g/mol. The lowest BCUT2D eigenvalue weighted by molar-refractivity contribution is -0.597. The van der Waals surface area contributed by atoms with Gasteiger partial charge in [0.2, 0.25) is 11.4 Å². The van der Waals surface area contributed by atoms with Crippen LogP contribution in [0.2, 0.25) is 0 Å². The average molecular weight is 394 g/mol. The minimum atomic E-state index is 0.466. The van der Waals surface area contributed by atoms with Crippen LogP contribution in [-0.2, 0) is 0 Å². The maximum absolute atomic E-state index is 3.50. The van der Waals surface area contributed by atoms with Crippen LogP contribution in [0.4, 0.5) is 0 Å². The smallest absolute Gasteiger partial charge is 0.190 e. The van der Waals surface area contributed by atoms with Crippen LogP contribution < -0.4 is 9.13 Å². The van der Waals surface area contributed by atoms with E-state index in [1.807, 2.05) is 6.07 Å². The molecular weight excluding hydrogens is 364 g/mol. The topological polar surface area (TPSA) is 7.76 Å². The summed E-state index contributed by atoms with van der Waals surface area (Å²) in [4.78, 5) is 0. The van der Waals surface area contributed by atoms with Crippen LogP contribution in [0.25, 0.3) is 22.5 Å². The molecule has 0 amide bonds. The van der Waals surface area contributed by atoms with Gasteiger partial charge < -0.3 is 0 Å². The number of hydrogen-bond acceptors (Lipinski definition) is 0. The summed E-state index contributed by atoms with van der Waals surface area (Å²) in [5, 5.41) is 0. The Bertz CT molecular complexity index is 1080. The van der Waals surface area contributed by atoms with E-state index in [2.05, 4.69) is 128 Å². The van der Waals surface area contributed by atoms with E-state index in [0.717, 1.165) is 16.8 Å². The van der Waals surface area contributed by atoms with Crippen molar-refractivity contribution in [3.05, 3.63) is 109 Å². The van der Waals surface area contributed by atoms with Gasteiger partial charge in [-0.25, -0.2) is 0 Å². The van der Waals surface area contributed by atoms with E-state index < -0.39 is 0 Å². The van der Waals surface area contributed by atoms with E-state index in [1.54, 1.807) is 0 Å². The standard InChI is InChI=1S/C28H29N2/c1-21(2)26-11-8-12-27(22(3)4)28(26)30-19-15-24(16-20-30)23-13-17-29(18-14-23)25-9-6-5-7-10-25/h5-15,17-22H,1-4H3/q+1. The van der Waals surface area contributed by atoms with Gasteiger partial charge in [0.05, 0.1) is 0 Å². The first-order valence-corrected chi connectivity index (χ1v) is 10.7. The van der Waals surface area contributed by atoms with Crippen LogP contribution >= 0.6 is 0 Å². The van der Waals surface area contributed by atoms with E-state index in [4.69, 9.17) is 0 Å². The highest BCUT2D eigenvalue weighted by molar-refractivity contribution is 5.60. The minimum absolute atomic E-state index is 0.466. The predicted octanol–water partition coefficient (Wildman–Crippen LogP) is 5.95. The number of hydrogen-bond donors (Lipinski definition) is 0. The van der Waals surface area contributed by atoms with E-state index in [0.29, 0.717) is 11.8 Å². The van der Waals surface area contributed by atoms with Gasteiger partial charge in [-0.15, -0.1) is 11.6 Å². The molecule has 0 aliphatic rings. The lowest BCUT2D eigenvalue weighted by Crippen LogP contribution is -2.33. The second-order valence-electron chi connectivity index (χ2n) is 8.33. The lowest BCUT2D eigenvalue weighted by atomic mass is 9.92. The first kappa shape index (κ1) is 20.0. The molecule has 0 atom stereocenters. The number of nitrogens with zero attached hydrogens (tertiary/aromatic N) is 2. The molecule has 0 fully saturated rings. The van der Waals surface area contributed by atoms with Crippen molar-refractivity contribution >= 4 is 0 Å². The van der Waals surface area contributed by atoms with E-state index in [-0.39, 0.29) is 0 Å². The van der Waals surface area contributed by atoms with Crippen molar-refractivity contribution in [3.63, 3.8) is 0 Å². The summed E-state index contributed by atoms with van der Waals surface area (Å²) in [5.74, 6) is 0.932. The molecule has 2 aromatic heterocycles. The molecule has 0 saturated carbocycles. The van der Waals surface area contributed by atoms with Gasteiger partial charge in [0.25, 0.3) is 0 Å². The maximum atomic E-state index is 3.50. The third-order valence-corrected chi connectivity index (χ3v) is 5.56. The quantitative estimate of drug-likeness (QED) is 0.292. The van der Waals surface area contributed by atoms with Gasteiger partial charge in [0.1, 0.15) is 12.4 Å². The van der Waals surface area contributed by atoms with Crippen LogP contribution in [0.5, 0.6) is 0 Å². The second-order valence-corrected chi connectivity index (χ2v) is 8.33. The van der Waals surface area contributed by atoms with Gasteiger partial charge in [-0.2, -0.15) is 14.7 Å². The Morgan fingerprint density at radius 2 is 1.23 bits per heavy atom. The first-order chi connectivity index (χ1) is 14.5. The molecule has 2 heteroatoms. The molecule has 0 aliphatic heterocycles. The van der Waals surface area contributed by atoms with Gasteiger partial charge in [0.15, 0.2) is 12.4 Å². The largest absolute Gasteiger partial charge is 0.215 e. The van der Waals surface area contributed by atoms with E-state index >= 15 is 0 Å². The fourth-order valence-corrected chi connectivity index (χ4v) is 3.89. The van der Waals surface area contributed by atoms with Crippen molar-refractivity contribution in [2.45, 2.75) is 39.5 Å². The molecular formula is C28H29N2+. The fourth-order valence-electron chi connectivity index (χ4n) is 3.89. The summed E-state index contributed by atoms with van der Waals surface area (Å²) in [7, 11) is 0. The average Bonchev–Trinajstić information content (AvgIpc) is 2.79. The van der Waals surface area contributed by atoms with Crippen LogP contribution in [-0.4, -0.2) is 0 Å². The van der Waals surface area contributed by atoms with Crippen LogP contribution in [0.1, 0.15) is 50.7 Å². The highest BCUT2D eigenvalue weighted by Crippen LogP contribution is 2.28. The van der Waals surface area contributed by atoms with Gasteiger partial charge in [-0.05, 0) is 24.0 Å². The first-order valence-electron chi connectivity index (χ1n) is 10.7. The molecule has 30 heavy (non-hydrogen) atoms. The van der Waals surface area contributed by atoms with Gasteiger partial charge in [-0.3, -0.25) is 0 Å². The predicted molar refractivity (Wildman–Crippen MR) is 122 cm³/mol. The summed E-state index contributed by atoms with van der Waals surface area (Å²) >= 11 is 0. The maximum Gasteiger partial charge on any atom is 0.215 e. The molecule has 0 radical (unpaired) electrons. The zero-order chi connectivity index (χ0) is 21.1. The molecule has 0 spiro atoms. The Morgan fingerprint density at radius 1 is 0.633 bits per heavy atom. The van der Waals surface area contributed by atoms with Crippen LogP contribution in [0.3, 0.4) is 0 Å². The molecule has 0 N–H and O–H groups in total. The van der Waals surface area contributed by atoms with Crippen molar-refractivity contribution in [1.29, 1.82) is 0 Å². The molecule has 150 valence electrons. The van der Waals surface area contributed by atoms with Crippen molar-refractivity contribution in [2.24, 2.45) is 0 Å². The van der Waals surface area contributed by atoms with E-state index in [9.17, 15) is 0 Å². The van der Waals surface area contributed by atoms with Crippen LogP contribution in [0.15, 0.2) is 91.5 Å². The van der Waals surface area contributed by atoms with Crippen molar-refractivity contribution < 1.29 is 9.13 Å². The molecule has 0 unspecified atom stereocenters. The molecule has 2 heterocycles.